The van der Waals surface area contributed by atoms with Crippen molar-refractivity contribution in [3.63, 3.8) is 0 Å². The highest BCUT2D eigenvalue weighted by Gasteiger charge is 2.49. The molecule has 3 heterocycles. The highest BCUT2D eigenvalue weighted by molar-refractivity contribution is 9.10. The fourth-order valence-corrected chi connectivity index (χ4v) is 4.37. The number of hydrogen-bond donors (Lipinski definition) is 0. The van der Waals surface area contributed by atoms with Crippen molar-refractivity contribution in [3.8, 4) is 0 Å². The quantitative estimate of drug-likeness (QED) is 0.517. The van der Waals surface area contributed by atoms with Crippen LogP contribution in [0.5, 0.6) is 0 Å². The molecule has 2 aliphatic rings. The minimum absolute atomic E-state index is 0.116. The molecule has 1 spiro atoms. The minimum Gasteiger partial charge on any atom is -0.361 e. The lowest BCUT2D eigenvalue weighted by molar-refractivity contribution is -0.136. The first-order chi connectivity index (χ1) is 11.8. The summed E-state index contributed by atoms with van der Waals surface area (Å²) in [4.78, 5) is 23.9. The zero-order valence-electron chi connectivity index (χ0n) is 15.2. The molecule has 1 fully saturated rings. The Balaban J connectivity index is 1.61. The van der Waals surface area contributed by atoms with Crippen LogP contribution in [0.25, 0.3) is 0 Å². The number of carbonyl (C=O) groups is 1. The van der Waals surface area contributed by atoms with Crippen LogP contribution in [0, 0.1) is 0 Å². The van der Waals surface area contributed by atoms with Crippen molar-refractivity contribution in [3.05, 3.63) is 28.5 Å². The van der Waals surface area contributed by atoms with Gasteiger partial charge in [-0.1, -0.05) is 35.6 Å². The number of ether oxygens (including phenoxy) is 1. The van der Waals surface area contributed by atoms with Gasteiger partial charge in [-0.3, -0.25) is 14.8 Å². The number of likely N-dealkylation sites (tertiary alicyclic amines) is 1. The third kappa shape index (κ3) is 4.38. The predicted molar refractivity (Wildman–Crippen MR) is 106 cm³/mol. The maximum atomic E-state index is 12.9. The molecule has 1 aromatic rings. The lowest BCUT2D eigenvalue weighted by Crippen LogP contribution is -2.38. The Morgan fingerprint density at radius 2 is 2.16 bits per heavy atom. The van der Waals surface area contributed by atoms with Gasteiger partial charge in [-0.25, -0.2) is 0 Å². The molecular formula is C18H26BrN3O2Si. The van der Waals surface area contributed by atoms with E-state index < -0.39 is 13.6 Å². The molecule has 3 rings (SSSR count). The van der Waals surface area contributed by atoms with E-state index in [-0.39, 0.29) is 5.91 Å². The molecule has 0 saturated carbocycles. The summed E-state index contributed by atoms with van der Waals surface area (Å²) in [7, 11) is -1.10. The topological polar surface area (TPSA) is 54.8 Å². The van der Waals surface area contributed by atoms with Crippen LogP contribution < -0.4 is 0 Å². The normalized spacial score (nSPS) is 23.6. The van der Waals surface area contributed by atoms with Crippen LogP contribution in [0.2, 0.25) is 25.7 Å². The van der Waals surface area contributed by atoms with E-state index in [0.717, 1.165) is 54.3 Å². The summed E-state index contributed by atoms with van der Waals surface area (Å²) in [6, 6.07) is 4.99. The van der Waals surface area contributed by atoms with Gasteiger partial charge in [0, 0.05) is 31.9 Å². The molecule has 7 heteroatoms. The molecule has 1 aromatic heterocycles. The van der Waals surface area contributed by atoms with E-state index in [1.807, 2.05) is 17.0 Å². The SMILES string of the molecule is C[Si](C)(C)CCOCN1CC[C@]2(CCC(c3cc(Br)ccn3)=N2)C1=O. The highest BCUT2D eigenvalue weighted by Crippen LogP contribution is 2.37. The molecule has 136 valence electrons. The summed E-state index contributed by atoms with van der Waals surface area (Å²) in [6.07, 6.45) is 4.13. The standard InChI is InChI=1S/C18H26BrN3O2Si/c1-25(2,3)11-10-24-13-22-9-7-18(17(22)23)6-4-15(21-18)16-12-14(19)5-8-20-16/h5,8,12H,4,6-7,9-11,13H2,1-3H3/t18-/m1/s1. The zero-order chi connectivity index (χ0) is 18.1. The lowest BCUT2D eigenvalue weighted by atomic mass is 9.95. The van der Waals surface area contributed by atoms with E-state index in [0.29, 0.717) is 6.73 Å². The van der Waals surface area contributed by atoms with Gasteiger partial charge in [0.1, 0.15) is 12.3 Å². The number of halogens is 1. The number of rotatable bonds is 6. The minimum atomic E-state index is -1.10. The van der Waals surface area contributed by atoms with Crippen LogP contribution in [0.4, 0.5) is 0 Å². The van der Waals surface area contributed by atoms with Gasteiger partial charge in [0.05, 0.1) is 11.4 Å². The Bertz CT molecular complexity index is 689. The molecule has 1 saturated heterocycles. The fraction of sp³-hybridized carbons (Fsp3) is 0.611. The first kappa shape index (κ1) is 18.7. The van der Waals surface area contributed by atoms with Crippen molar-refractivity contribution in [2.75, 3.05) is 19.9 Å². The van der Waals surface area contributed by atoms with Gasteiger partial charge >= 0.3 is 0 Å². The Morgan fingerprint density at radius 3 is 2.88 bits per heavy atom. The highest BCUT2D eigenvalue weighted by atomic mass is 79.9. The summed E-state index contributed by atoms with van der Waals surface area (Å²) in [6.45, 7) is 8.85. The number of carbonyl (C=O) groups excluding carboxylic acids is 1. The lowest BCUT2D eigenvalue weighted by Gasteiger charge is -2.21. The third-order valence-electron chi connectivity index (χ3n) is 4.87. The van der Waals surface area contributed by atoms with E-state index in [9.17, 15) is 4.79 Å². The Kier molecular flexibility index (Phi) is 5.46. The summed E-state index contributed by atoms with van der Waals surface area (Å²) in [5.74, 6) is 0.116. The molecule has 0 radical (unpaired) electrons. The molecule has 0 N–H and O–H groups in total. The van der Waals surface area contributed by atoms with Crippen LogP contribution in [-0.4, -0.2) is 55.0 Å². The molecular weight excluding hydrogens is 398 g/mol. The molecule has 1 atom stereocenters. The van der Waals surface area contributed by atoms with Crippen LogP contribution in [0.1, 0.15) is 25.0 Å². The van der Waals surface area contributed by atoms with E-state index >= 15 is 0 Å². The van der Waals surface area contributed by atoms with Gasteiger partial charge in [0.15, 0.2) is 0 Å². The van der Waals surface area contributed by atoms with Crippen LogP contribution >= 0.6 is 15.9 Å². The van der Waals surface area contributed by atoms with Crippen molar-refractivity contribution in [1.29, 1.82) is 0 Å². The Labute approximate surface area is 159 Å². The molecule has 25 heavy (non-hydrogen) atoms. The second-order valence-electron chi connectivity index (χ2n) is 8.12. The number of aliphatic imine (C=N–C) groups is 1. The third-order valence-corrected chi connectivity index (χ3v) is 7.06. The number of pyridine rings is 1. The van der Waals surface area contributed by atoms with Gasteiger partial charge in [0.25, 0.3) is 5.91 Å². The second-order valence-corrected chi connectivity index (χ2v) is 14.7. The zero-order valence-corrected chi connectivity index (χ0v) is 17.8. The largest absolute Gasteiger partial charge is 0.361 e. The van der Waals surface area contributed by atoms with Crippen molar-refractivity contribution in [2.45, 2.75) is 50.5 Å². The van der Waals surface area contributed by atoms with E-state index in [2.05, 4.69) is 40.6 Å². The molecule has 0 bridgehead atoms. The summed E-state index contributed by atoms with van der Waals surface area (Å²) in [5.41, 5.74) is 1.22. The molecule has 2 aliphatic heterocycles. The summed E-state index contributed by atoms with van der Waals surface area (Å²) in [5, 5.41) is 0. The van der Waals surface area contributed by atoms with Crippen molar-refractivity contribution >= 4 is 35.6 Å². The molecule has 0 aromatic carbocycles. The van der Waals surface area contributed by atoms with E-state index in [1.165, 1.54) is 0 Å². The molecule has 0 aliphatic carbocycles. The van der Waals surface area contributed by atoms with Crippen molar-refractivity contribution < 1.29 is 9.53 Å². The number of amides is 1. The number of aromatic nitrogens is 1. The van der Waals surface area contributed by atoms with Crippen LogP contribution in [-0.2, 0) is 9.53 Å². The summed E-state index contributed by atoms with van der Waals surface area (Å²) >= 11 is 3.47. The maximum absolute atomic E-state index is 12.9. The van der Waals surface area contributed by atoms with Crippen molar-refractivity contribution in [1.82, 2.24) is 9.88 Å². The predicted octanol–water partition coefficient (Wildman–Crippen LogP) is 3.71. The second kappa shape index (κ2) is 7.29. The first-order valence-corrected chi connectivity index (χ1v) is 13.4. The maximum Gasteiger partial charge on any atom is 0.252 e. The average Bonchev–Trinajstić information content (AvgIpc) is 3.10. The van der Waals surface area contributed by atoms with Gasteiger partial charge in [-0.2, -0.15) is 0 Å². The Morgan fingerprint density at radius 1 is 1.36 bits per heavy atom. The van der Waals surface area contributed by atoms with Gasteiger partial charge in [-0.15, -0.1) is 0 Å². The Hall–Kier alpha value is -1.05. The molecule has 5 nitrogen and oxygen atoms in total. The first-order valence-electron chi connectivity index (χ1n) is 8.87. The summed E-state index contributed by atoms with van der Waals surface area (Å²) < 4.78 is 6.75. The molecule has 1 amide bonds. The smallest absolute Gasteiger partial charge is 0.252 e. The van der Waals surface area contributed by atoms with Crippen molar-refractivity contribution in [2.24, 2.45) is 4.99 Å². The van der Waals surface area contributed by atoms with Gasteiger partial charge in [-0.05, 0) is 37.4 Å². The van der Waals surface area contributed by atoms with Gasteiger partial charge in [0.2, 0.25) is 0 Å². The average molecular weight is 424 g/mol. The van der Waals surface area contributed by atoms with Gasteiger partial charge < -0.3 is 9.64 Å². The van der Waals surface area contributed by atoms with E-state index in [4.69, 9.17) is 9.73 Å². The monoisotopic (exact) mass is 423 g/mol. The van der Waals surface area contributed by atoms with Crippen LogP contribution in [0.3, 0.4) is 0 Å². The number of hydrogen-bond acceptors (Lipinski definition) is 4. The van der Waals surface area contributed by atoms with E-state index in [1.54, 1.807) is 6.20 Å². The molecule has 0 unspecified atom stereocenters. The van der Waals surface area contributed by atoms with Crippen LogP contribution in [0.15, 0.2) is 27.8 Å². The fourth-order valence-electron chi connectivity index (χ4n) is 3.28. The number of nitrogens with zero attached hydrogens (tertiary/aromatic N) is 3.